The third-order valence-corrected chi connectivity index (χ3v) is 6.29. The van der Waals surface area contributed by atoms with E-state index in [1.165, 1.54) is 4.90 Å². The van der Waals surface area contributed by atoms with Crippen LogP contribution in [0.5, 0.6) is 0 Å². The van der Waals surface area contributed by atoms with Crippen molar-refractivity contribution >= 4 is 15.7 Å². The quantitative estimate of drug-likeness (QED) is 0.626. The molecule has 3 rings (SSSR count). The van der Waals surface area contributed by atoms with E-state index in [1.807, 2.05) is 4.90 Å². The molecular weight excluding hydrogens is 268 g/mol. The standard InChI is InChI=1S/C12H20N2O4S/c15-12-7-10-8-19(16,17)9-11(10)14(12)2-1-13-3-5-18-6-4-13/h10-11H,1-9H2/p+1/t10-,11-/m0/s1. The van der Waals surface area contributed by atoms with E-state index in [0.29, 0.717) is 13.0 Å². The second-order valence-corrected chi connectivity index (χ2v) is 7.96. The zero-order chi connectivity index (χ0) is 13.5. The highest BCUT2D eigenvalue weighted by molar-refractivity contribution is 7.91. The fraction of sp³-hybridized carbons (Fsp3) is 0.917. The van der Waals surface area contributed by atoms with Crippen LogP contribution in [0.2, 0.25) is 0 Å². The molecule has 3 fully saturated rings. The van der Waals surface area contributed by atoms with Gasteiger partial charge in [0.05, 0.1) is 43.9 Å². The van der Waals surface area contributed by atoms with Gasteiger partial charge in [-0.15, -0.1) is 0 Å². The molecule has 0 unspecified atom stereocenters. The van der Waals surface area contributed by atoms with Gasteiger partial charge in [0.1, 0.15) is 13.1 Å². The predicted molar refractivity (Wildman–Crippen MR) is 68.6 cm³/mol. The molecule has 3 heterocycles. The lowest BCUT2D eigenvalue weighted by Gasteiger charge is -2.28. The number of hydrogen-bond acceptors (Lipinski definition) is 4. The van der Waals surface area contributed by atoms with Crippen LogP contribution >= 0.6 is 0 Å². The predicted octanol–water partition coefficient (Wildman–Crippen LogP) is -2.45. The molecule has 0 saturated carbocycles. The summed E-state index contributed by atoms with van der Waals surface area (Å²) in [4.78, 5) is 15.2. The van der Waals surface area contributed by atoms with Gasteiger partial charge >= 0.3 is 0 Å². The Morgan fingerprint density at radius 3 is 2.74 bits per heavy atom. The average molecular weight is 289 g/mol. The Bertz CT molecular complexity index is 458. The first-order valence-electron chi connectivity index (χ1n) is 6.96. The van der Waals surface area contributed by atoms with Crippen LogP contribution in [0.15, 0.2) is 0 Å². The van der Waals surface area contributed by atoms with E-state index in [9.17, 15) is 13.2 Å². The molecule has 1 amide bonds. The average Bonchev–Trinajstić information content (AvgIpc) is 2.79. The summed E-state index contributed by atoms with van der Waals surface area (Å²) in [6.07, 6.45) is 0.419. The Labute approximate surface area is 113 Å². The lowest BCUT2D eigenvalue weighted by molar-refractivity contribution is -0.907. The third-order valence-electron chi connectivity index (χ3n) is 4.50. The number of nitrogens with one attached hydrogen (secondary N) is 1. The maximum Gasteiger partial charge on any atom is 0.223 e. The highest BCUT2D eigenvalue weighted by Gasteiger charge is 2.48. The molecule has 3 saturated heterocycles. The van der Waals surface area contributed by atoms with Crippen LogP contribution in [-0.4, -0.2) is 76.2 Å². The Morgan fingerprint density at radius 1 is 1.26 bits per heavy atom. The van der Waals surface area contributed by atoms with Gasteiger partial charge in [-0.05, 0) is 0 Å². The van der Waals surface area contributed by atoms with Crippen molar-refractivity contribution in [3.63, 3.8) is 0 Å². The summed E-state index contributed by atoms with van der Waals surface area (Å²) < 4.78 is 28.6. The maximum atomic E-state index is 12.0. The zero-order valence-corrected chi connectivity index (χ0v) is 11.8. The molecule has 0 spiro atoms. The van der Waals surface area contributed by atoms with Crippen molar-refractivity contribution < 1.29 is 22.8 Å². The van der Waals surface area contributed by atoms with E-state index in [0.717, 1.165) is 32.8 Å². The minimum absolute atomic E-state index is 0.0391. The van der Waals surface area contributed by atoms with Crippen LogP contribution in [-0.2, 0) is 19.4 Å². The van der Waals surface area contributed by atoms with Crippen LogP contribution in [0.25, 0.3) is 0 Å². The van der Waals surface area contributed by atoms with Crippen LogP contribution in [0, 0.1) is 5.92 Å². The number of hydrogen-bond donors (Lipinski definition) is 1. The van der Waals surface area contributed by atoms with Gasteiger partial charge in [-0.3, -0.25) is 4.79 Å². The summed E-state index contributed by atoms with van der Waals surface area (Å²) in [7, 11) is -2.93. The van der Waals surface area contributed by atoms with Crippen molar-refractivity contribution in [1.82, 2.24) is 4.90 Å². The van der Waals surface area contributed by atoms with Crippen LogP contribution in [0.4, 0.5) is 0 Å². The summed E-state index contributed by atoms with van der Waals surface area (Å²) in [6, 6.07) is -0.0575. The number of morpholine rings is 1. The molecule has 3 aliphatic rings. The molecule has 0 aromatic carbocycles. The Hall–Kier alpha value is -0.660. The summed E-state index contributed by atoms with van der Waals surface area (Å²) in [6.45, 7) is 5.11. The second kappa shape index (κ2) is 5.03. The molecular formula is C12H21N2O4S+. The molecule has 7 heteroatoms. The van der Waals surface area contributed by atoms with E-state index in [4.69, 9.17) is 4.74 Å². The normalized spacial score (nSPS) is 34.7. The lowest BCUT2D eigenvalue weighted by Crippen LogP contribution is -3.14. The molecule has 0 bridgehead atoms. The summed E-state index contributed by atoms with van der Waals surface area (Å²) >= 11 is 0. The van der Waals surface area contributed by atoms with Crippen LogP contribution in [0.3, 0.4) is 0 Å². The highest BCUT2D eigenvalue weighted by atomic mass is 32.2. The van der Waals surface area contributed by atoms with Crippen molar-refractivity contribution in [1.29, 1.82) is 0 Å². The van der Waals surface area contributed by atoms with Gasteiger partial charge in [0.15, 0.2) is 9.84 Å². The Balaban J connectivity index is 1.59. The van der Waals surface area contributed by atoms with Crippen molar-refractivity contribution in [2.45, 2.75) is 12.5 Å². The number of nitrogens with zero attached hydrogens (tertiary/aromatic N) is 1. The smallest absolute Gasteiger partial charge is 0.223 e. The number of rotatable bonds is 3. The first-order valence-corrected chi connectivity index (χ1v) is 8.78. The molecule has 0 aliphatic carbocycles. The maximum absolute atomic E-state index is 12.0. The van der Waals surface area contributed by atoms with E-state index in [2.05, 4.69) is 0 Å². The number of sulfone groups is 1. The first kappa shape index (κ1) is 13.3. The Morgan fingerprint density at radius 2 is 2.00 bits per heavy atom. The van der Waals surface area contributed by atoms with E-state index < -0.39 is 9.84 Å². The summed E-state index contributed by atoms with van der Waals surface area (Å²) in [5, 5.41) is 0. The van der Waals surface area contributed by atoms with Crippen molar-refractivity contribution in [2.75, 3.05) is 50.9 Å². The highest BCUT2D eigenvalue weighted by Crippen LogP contribution is 2.33. The number of carbonyl (C=O) groups excluding carboxylic acids is 1. The summed E-state index contributed by atoms with van der Waals surface area (Å²) in [5.74, 6) is 0.543. The number of carbonyl (C=O) groups is 1. The molecule has 19 heavy (non-hydrogen) atoms. The van der Waals surface area contributed by atoms with Crippen LogP contribution in [0.1, 0.15) is 6.42 Å². The molecule has 0 aromatic heterocycles. The van der Waals surface area contributed by atoms with Gasteiger partial charge < -0.3 is 14.5 Å². The minimum Gasteiger partial charge on any atom is -0.370 e. The second-order valence-electron chi connectivity index (χ2n) is 5.81. The molecule has 6 nitrogen and oxygen atoms in total. The SMILES string of the molecule is O=C1C[C@H]2CS(=O)(=O)C[C@@H]2N1CC[NH+]1CCOCC1. The molecule has 0 aromatic rings. The Kier molecular flexibility index (Phi) is 3.53. The van der Waals surface area contributed by atoms with Crippen LogP contribution < -0.4 is 4.90 Å². The number of fused-ring (bicyclic) bond motifs is 1. The van der Waals surface area contributed by atoms with Gasteiger partial charge in [-0.2, -0.15) is 0 Å². The third kappa shape index (κ3) is 2.78. The fourth-order valence-electron chi connectivity index (χ4n) is 3.45. The molecule has 108 valence electrons. The van der Waals surface area contributed by atoms with Gasteiger partial charge in [0.25, 0.3) is 0 Å². The number of ether oxygens (including phenoxy) is 1. The monoisotopic (exact) mass is 289 g/mol. The zero-order valence-electron chi connectivity index (χ0n) is 11.0. The van der Waals surface area contributed by atoms with E-state index in [1.54, 1.807) is 0 Å². The molecule has 2 atom stereocenters. The first-order chi connectivity index (χ1) is 9.05. The number of quaternary nitrogens is 1. The lowest BCUT2D eigenvalue weighted by atomic mass is 10.1. The van der Waals surface area contributed by atoms with Gasteiger partial charge in [-0.1, -0.05) is 0 Å². The van der Waals surface area contributed by atoms with Gasteiger partial charge in [0.2, 0.25) is 5.91 Å². The number of amides is 1. The van der Waals surface area contributed by atoms with E-state index in [-0.39, 0.29) is 29.4 Å². The molecule has 1 N–H and O–H groups in total. The van der Waals surface area contributed by atoms with Gasteiger partial charge in [0, 0.05) is 12.3 Å². The summed E-state index contributed by atoms with van der Waals surface area (Å²) in [5.41, 5.74) is 0. The molecule has 0 radical (unpaired) electrons. The van der Waals surface area contributed by atoms with Gasteiger partial charge in [-0.25, -0.2) is 8.42 Å². The van der Waals surface area contributed by atoms with E-state index >= 15 is 0 Å². The van der Waals surface area contributed by atoms with Crippen molar-refractivity contribution in [3.05, 3.63) is 0 Å². The van der Waals surface area contributed by atoms with Crippen molar-refractivity contribution in [2.24, 2.45) is 5.92 Å². The topological polar surface area (TPSA) is 68.1 Å². The molecule has 3 aliphatic heterocycles. The van der Waals surface area contributed by atoms with Crippen molar-refractivity contribution in [3.8, 4) is 0 Å². The minimum atomic E-state index is -2.93. The number of likely N-dealkylation sites (tertiary alicyclic amines) is 1. The fourth-order valence-corrected chi connectivity index (χ4v) is 5.55. The largest absolute Gasteiger partial charge is 0.370 e.